The standard InChI is InChI=1S/C23H32N4O7S2/c1-3-34-23(29)17-5-4-6-19(17)27(12-11-15-7-8-15)22(28)14-21-24-18-10-9-16(25-35(2,30)31)13-20(18)36(32,33)26-21/h9-10,13,15,17,19,25H,3-8,11-12,14H2,1-2H3,(H,24,26)/t17-,19+/m1/s1. The maximum absolute atomic E-state index is 13.5. The van der Waals surface area contributed by atoms with Crippen LogP contribution in [0.4, 0.5) is 11.4 Å². The minimum atomic E-state index is -4.16. The highest BCUT2D eigenvalue weighted by Crippen LogP contribution is 2.36. The topological polar surface area (TPSA) is 151 Å². The number of sulfonamides is 2. The van der Waals surface area contributed by atoms with Crippen LogP contribution in [0.5, 0.6) is 0 Å². The number of carbonyl (C=O) groups is 2. The van der Waals surface area contributed by atoms with E-state index in [0.29, 0.717) is 25.3 Å². The van der Waals surface area contributed by atoms with E-state index in [1.54, 1.807) is 11.8 Å². The fraction of sp³-hybridized carbons (Fsp3) is 0.609. The summed E-state index contributed by atoms with van der Waals surface area (Å²) in [6.07, 6.45) is 5.96. The van der Waals surface area contributed by atoms with E-state index in [4.69, 9.17) is 4.74 Å². The van der Waals surface area contributed by atoms with Crippen molar-refractivity contribution in [1.29, 1.82) is 0 Å². The lowest BCUT2D eigenvalue weighted by atomic mass is 10.0. The molecule has 0 bridgehead atoms. The number of amidine groups is 1. The summed E-state index contributed by atoms with van der Waals surface area (Å²) in [5.41, 5.74) is 0.301. The first kappa shape index (κ1) is 26.4. The van der Waals surface area contributed by atoms with E-state index in [1.807, 2.05) is 0 Å². The molecular weight excluding hydrogens is 508 g/mol. The van der Waals surface area contributed by atoms with Crippen LogP contribution >= 0.6 is 0 Å². The van der Waals surface area contributed by atoms with Gasteiger partial charge in [-0.25, -0.2) is 8.42 Å². The number of esters is 1. The summed E-state index contributed by atoms with van der Waals surface area (Å²) in [5.74, 6) is -0.419. The quantitative estimate of drug-likeness (QED) is 0.429. The van der Waals surface area contributed by atoms with Crippen molar-refractivity contribution in [2.75, 3.05) is 29.4 Å². The number of hydrogen-bond donors (Lipinski definition) is 2. The molecule has 1 aliphatic heterocycles. The molecule has 0 spiro atoms. The number of amides is 1. The van der Waals surface area contributed by atoms with E-state index >= 15 is 0 Å². The van der Waals surface area contributed by atoms with Gasteiger partial charge in [0.2, 0.25) is 15.9 Å². The molecule has 2 fully saturated rings. The third-order valence-electron chi connectivity index (χ3n) is 6.66. The Bertz CT molecular complexity index is 1270. The summed E-state index contributed by atoms with van der Waals surface area (Å²) < 4.78 is 60.0. The molecule has 2 atom stereocenters. The van der Waals surface area contributed by atoms with Crippen LogP contribution < -0.4 is 10.0 Å². The maximum atomic E-state index is 13.5. The Hall–Kier alpha value is -2.67. The fourth-order valence-electron chi connectivity index (χ4n) is 4.85. The van der Waals surface area contributed by atoms with Crippen molar-refractivity contribution in [2.24, 2.45) is 16.2 Å². The summed E-state index contributed by atoms with van der Waals surface area (Å²) in [5, 5.41) is 2.90. The van der Waals surface area contributed by atoms with Crippen molar-refractivity contribution < 1.29 is 31.2 Å². The van der Waals surface area contributed by atoms with Crippen LogP contribution in [0, 0.1) is 11.8 Å². The minimum absolute atomic E-state index is 0.0153. The van der Waals surface area contributed by atoms with Crippen LogP contribution in [0.3, 0.4) is 0 Å². The van der Waals surface area contributed by atoms with Crippen LogP contribution in [-0.2, 0) is 34.4 Å². The Morgan fingerprint density at radius 1 is 1.22 bits per heavy atom. The third-order valence-corrected chi connectivity index (χ3v) is 8.62. The Balaban J connectivity index is 1.53. The molecule has 0 saturated heterocycles. The van der Waals surface area contributed by atoms with Crippen LogP contribution in [-0.4, -0.2) is 64.9 Å². The van der Waals surface area contributed by atoms with Gasteiger partial charge < -0.3 is 15.0 Å². The predicted octanol–water partition coefficient (Wildman–Crippen LogP) is 2.32. The van der Waals surface area contributed by atoms with E-state index < -0.39 is 20.0 Å². The van der Waals surface area contributed by atoms with Crippen molar-refractivity contribution >= 4 is 49.1 Å². The molecule has 1 heterocycles. The normalized spacial score (nSPS) is 22.7. The number of hydrogen-bond acceptors (Lipinski definition) is 8. The highest BCUT2D eigenvalue weighted by atomic mass is 32.2. The summed E-state index contributed by atoms with van der Waals surface area (Å²) in [4.78, 5) is 27.6. The lowest BCUT2D eigenvalue weighted by molar-refractivity contribution is -0.151. The summed E-state index contributed by atoms with van der Waals surface area (Å²) in [6.45, 7) is 2.53. The number of rotatable bonds is 10. The van der Waals surface area contributed by atoms with Crippen LogP contribution in [0.2, 0.25) is 0 Å². The number of anilines is 2. The van der Waals surface area contributed by atoms with E-state index in [9.17, 15) is 26.4 Å². The molecule has 36 heavy (non-hydrogen) atoms. The first-order valence-electron chi connectivity index (χ1n) is 12.2. The van der Waals surface area contributed by atoms with Gasteiger partial charge >= 0.3 is 5.97 Å². The molecule has 0 unspecified atom stereocenters. The molecule has 11 nitrogen and oxygen atoms in total. The lowest BCUT2D eigenvalue weighted by Crippen LogP contribution is -2.46. The van der Waals surface area contributed by atoms with Crippen molar-refractivity contribution in [3.63, 3.8) is 0 Å². The molecule has 2 aliphatic carbocycles. The van der Waals surface area contributed by atoms with Crippen LogP contribution in [0.25, 0.3) is 0 Å². The predicted molar refractivity (Wildman–Crippen MR) is 135 cm³/mol. The molecule has 3 aliphatic rings. The van der Waals surface area contributed by atoms with Gasteiger partial charge in [0.25, 0.3) is 10.0 Å². The van der Waals surface area contributed by atoms with Gasteiger partial charge in [0.1, 0.15) is 10.7 Å². The molecule has 4 rings (SSSR count). The molecule has 0 aromatic heterocycles. The molecule has 1 aromatic rings. The first-order valence-corrected chi connectivity index (χ1v) is 15.5. The van der Waals surface area contributed by atoms with Crippen molar-refractivity contribution in [3.8, 4) is 0 Å². The Morgan fingerprint density at radius 3 is 2.64 bits per heavy atom. The zero-order valence-electron chi connectivity index (χ0n) is 20.4. The van der Waals surface area contributed by atoms with E-state index in [-0.39, 0.29) is 59.0 Å². The van der Waals surface area contributed by atoms with Gasteiger partial charge in [0.15, 0.2) is 0 Å². The number of ether oxygens (including phenoxy) is 1. The van der Waals surface area contributed by atoms with Crippen molar-refractivity contribution in [2.45, 2.75) is 62.8 Å². The molecule has 198 valence electrons. The second-order valence-corrected chi connectivity index (χ2v) is 12.9. The van der Waals surface area contributed by atoms with Gasteiger partial charge in [0, 0.05) is 18.3 Å². The number of nitrogens with zero attached hydrogens (tertiary/aromatic N) is 2. The van der Waals surface area contributed by atoms with Gasteiger partial charge in [-0.3, -0.25) is 14.3 Å². The van der Waals surface area contributed by atoms with Crippen LogP contribution in [0.1, 0.15) is 51.9 Å². The van der Waals surface area contributed by atoms with Crippen molar-refractivity contribution in [3.05, 3.63) is 18.2 Å². The second-order valence-electron chi connectivity index (χ2n) is 9.58. The van der Waals surface area contributed by atoms with E-state index in [1.165, 1.54) is 18.2 Å². The number of carbonyl (C=O) groups excluding carboxylic acids is 2. The number of nitrogens with one attached hydrogen (secondary N) is 2. The largest absolute Gasteiger partial charge is 0.466 e. The van der Waals surface area contributed by atoms with Gasteiger partial charge in [-0.2, -0.15) is 8.42 Å². The first-order chi connectivity index (χ1) is 17.0. The molecular formula is C23H32N4O7S2. The highest BCUT2D eigenvalue weighted by Gasteiger charge is 2.40. The summed E-state index contributed by atoms with van der Waals surface area (Å²) in [6, 6.07) is 3.76. The average molecular weight is 541 g/mol. The summed E-state index contributed by atoms with van der Waals surface area (Å²) >= 11 is 0. The highest BCUT2D eigenvalue weighted by molar-refractivity contribution is 7.92. The number of benzene rings is 1. The van der Waals surface area contributed by atoms with E-state index in [2.05, 4.69) is 14.4 Å². The molecule has 2 saturated carbocycles. The lowest BCUT2D eigenvalue weighted by Gasteiger charge is -2.33. The van der Waals surface area contributed by atoms with Crippen molar-refractivity contribution in [1.82, 2.24) is 4.90 Å². The average Bonchev–Trinajstić information content (AvgIpc) is 3.47. The Labute approximate surface area is 211 Å². The maximum Gasteiger partial charge on any atom is 0.311 e. The minimum Gasteiger partial charge on any atom is -0.466 e. The zero-order chi connectivity index (χ0) is 26.1. The second kappa shape index (κ2) is 10.4. The molecule has 1 amide bonds. The van der Waals surface area contributed by atoms with E-state index in [0.717, 1.165) is 31.9 Å². The van der Waals surface area contributed by atoms with Gasteiger partial charge in [-0.15, -0.1) is 4.40 Å². The fourth-order valence-corrected chi connectivity index (χ4v) is 6.58. The molecule has 2 N–H and O–H groups in total. The Kier molecular flexibility index (Phi) is 7.60. The molecule has 1 aromatic carbocycles. The molecule has 0 radical (unpaired) electrons. The monoisotopic (exact) mass is 540 g/mol. The number of fused-ring (bicyclic) bond motifs is 1. The van der Waals surface area contributed by atoms with Crippen LogP contribution in [0.15, 0.2) is 27.5 Å². The smallest absolute Gasteiger partial charge is 0.311 e. The Morgan fingerprint density at radius 2 is 1.97 bits per heavy atom. The zero-order valence-corrected chi connectivity index (χ0v) is 22.0. The van der Waals surface area contributed by atoms with Gasteiger partial charge in [-0.1, -0.05) is 19.3 Å². The van der Waals surface area contributed by atoms with Gasteiger partial charge in [0.05, 0.1) is 30.9 Å². The summed E-state index contributed by atoms with van der Waals surface area (Å²) in [7, 11) is -7.75. The van der Waals surface area contributed by atoms with Gasteiger partial charge in [-0.05, 0) is 50.3 Å². The third kappa shape index (κ3) is 6.36. The SMILES string of the molecule is CCOC(=O)[C@@H]1CCC[C@@H]1N(CCC1CC1)C(=O)CC1=NS(=O)(=O)c2cc(NS(C)(=O)=O)ccc2N1. The molecule has 13 heteroatoms.